The van der Waals surface area contributed by atoms with Crippen LogP contribution in [0.5, 0.6) is 0 Å². The van der Waals surface area contributed by atoms with Gasteiger partial charge in [-0.15, -0.1) is 0 Å². The van der Waals surface area contributed by atoms with Gasteiger partial charge in [-0.3, -0.25) is 4.21 Å². The molecule has 2 rings (SSSR count). The Hall–Kier alpha value is -1.50. The molecule has 0 unspecified atom stereocenters. The maximum absolute atomic E-state index is 12.6. The summed E-state index contributed by atoms with van der Waals surface area (Å²) in [6, 6.07) is 1.87. The van der Waals surface area contributed by atoms with Crippen LogP contribution in [0.25, 0.3) is 0 Å². The average Bonchev–Trinajstić information content (AvgIpc) is 2.44. The number of aromatic nitrogens is 2. The highest BCUT2D eigenvalue weighted by atomic mass is 32.2. The van der Waals surface area contributed by atoms with Crippen LogP contribution < -0.4 is 0 Å². The Bertz CT molecular complexity index is 608. The topological polar surface area (TPSA) is 72.4 Å². The third kappa shape index (κ3) is 5.54. The molecule has 0 aliphatic carbocycles. The lowest BCUT2D eigenvalue weighted by Gasteiger charge is -2.33. The van der Waals surface area contributed by atoms with Crippen molar-refractivity contribution in [3.63, 3.8) is 0 Å². The number of nitrogens with zero attached hydrogens (tertiary/aromatic N) is 3. The molecular formula is C17H27N3O3S. The van der Waals surface area contributed by atoms with E-state index >= 15 is 0 Å². The first-order valence-corrected chi connectivity index (χ1v) is 9.64. The average molecular weight is 353 g/mol. The molecule has 1 saturated heterocycles. The van der Waals surface area contributed by atoms with Gasteiger partial charge in [-0.25, -0.2) is 14.8 Å². The van der Waals surface area contributed by atoms with Gasteiger partial charge in [0, 0.05) is 30.2 Å². The largest absolute Gasteiger partial charge is 0.444 e. The minimum Gasteiger partial charge on any atom is -0.444 e. The molecule has 6 nitrogen and oxygen atoms in total. The zero-order chi connectivity index (χ0) is 17.9. The molecule has 1 fully saturated rings. The van der Waals surface area contributed by atoms with Gasteiger partial charge in [-0.1, -0.05) is 0 Å². The Kier molecular flexibility index (Phi) is 5.96. The number of piperidine rings is 1. The van der Waals surface area contributed by atoms with Crippen molar-refractivity contribution in [2.24, 2.45) is 5.92 Å². The van der Waals surface area contributed by atoms with Crippen molar-refractivity contribution in [1.82, 2.24) is 14.9 Å². The van der Waals surface area contributed by atoms with Crippen molar-refractivity contribution in [3.05, 3.63) is 17.5 Å². The van der Waals surface area contributed by atoms with E-state index < -0.39 is 16.4 Å². The minimum atomic E-state index is -1.25. The first kappa shape index (κ1) is 18.8. The second kappa shape index (κ2) is 7.59. The maximum Gasteiger partial charge on any atom is 0.410 e. The molecule has 0 radical (unpaired) electrons. The van der Waals surface area contributed by atoms with E-state index in [2.05, 4.69) is 9.97 Å². The monoisotopic (exact) mass is 353 g/mol. The van der Waals surface area contributed by atoms with Crippen molar-refractivity contribution in [1.29, 1.82) is 0 Å². The van der Waals surface area contributed by atoms with Gasteiger partial charge in [0.15, 0.2) is 0 Å². The van der Waals surface area contributed by atoms with Gasteiger partial charge in [0.05, 0.1) is 10.8 Å². The number of carbonyl (C=O) groups excluding carboxylic acids is 1. The fraction of sp³-hybridized carbons (Fsp3) is 0.706. The Labute approximate surface area is 146 Å². The molecule has 0 aromatic carbocycles. The fourth-order valence-corrected chi connectivity index (χ4v) is 4.12. The molecule has 24 heavy (non-hydrogen) atoms. The molecule has 0 N–H and O–H groups in total. The second-order valence-corrected chi connectivity index (χ2v) is 8.77. The van der Waals surface area contributed by atoms with Gasteiger partial charge in [-0.2, -0.15) is 0 Å². The van der Waals surface area contributed by atoms with E-state index in [0.29, 0.717) is 24.0 Å². The molecule has 7 heteroatoms. The molecule has 2 atom stereocenters. The van der Waals surface area contributed by atoms with Crippen LogP contribution in [0.3, 0.4) is 0 Å². The van der Waals surface area contributed by atoms with Gasteiger partial charge >= 0.3 is 6.09 Å². The van der Waals surface area contributed by atoms with Crippen LogP contribution >= 0.6 is 0 Å². The number of carbonyl (C=O) groups is 1. The summed E-state index contributed by atoms with van der Waals surface area (Å²) in [6.07, 6.45) is 1.56. The Balaban J connectivity index is 1.97. The number of hydrogen-bond acceptors (Lipinski definition) is 5. The summed E-state index contributed by atoms with van der Waals surface area (Å²) in [5.41, 5.74) is 1.15. The summed E-state index contributed by atoms with van der Waals surface area (Å²) in [6.45, 7) is 10.6. The first-order valence-electron chi connectivity index (χ1n) is 8.32. The van der Waals surface area contributed by atoms with E-state index in [-0.39, 0.29) is 12.0 Å². The van der Waals surface area contributed by atoms with E-state index in [0.717, 1.165) is 24.2 Å². The summed E-state index contributed by atoms with van der Waals surface area (Å²) in [5.74, 6) is 0.652. The van der Waals surface area contributed by atoms with Gasteiger partial charge < -0.3 is 9.64 Å². The van der Waals surface area contributed by atoms with Crippen molar-refractivity contribution in [2.45, 2.75) is 58.2 Å². The minimum absolute atomic E-state index is 0.177. The van der Waals surface area contributed by atoms with Gasteiger partial charge in [0.1, 0.15) is 5.60 Å². The number of ether oxygens (including phenoxy) is 1. The molecule has 1 aromatic heterocycles. The van der Waals surface area contributed by atoms with E-state index in [4.69, 9.17) is 4.74 Å². The first-order chi connectivity index (χ1) is 11.1. The number of aryl methyl sites for hydroxylation is 2. The normalized spacial score (nSPS) is 19.9. The standard InChI is InChI=1S/C17H27N3O3S/c1-12-9-13(2)19-15(18-12)24(22)11-14-7-6-8-20(10-14)16(21)23-17(3,4)5/h9,14H,6-8,10-11H2,1-5H3/t14-,24-/m0/s1. The fourth-order valence-electron chi connectivity index (χ4n) is 2.78. The van der Waals surface area contributed by atoms with E-state index in [1.54, 1.807) is 4.90 Å². The van der Waals surface area contributed by atoms with Gasteiger partial charge in [0.2, 0.25) is 5.16 Å². The van der Waals surface area contributed by atoms with Crippen molar-refractivity contribution >= 4 is 16.9 Å². The SMILES string of the molecule is Cc1cc(C)nc([S@@](=O)C[C@H]2CCCN(C(=O)OC(C)(C)C)C2)n1. The third-order valence-electron chi connectivity index (χ3n) is 3.72. The number of rotatable bonds is 3. The van der Waals surface area contributed by atoms with Crippen LogP contribution in [-0.4, -0.2) is 49.6 Å². The zero-order valence-corrected chi connectivity index (χ0v) is 16.0. The zero-order valence-electron chi connectivity index (χ0n) is 15.2. The van der Waals surface area contributed by atoms with E-state index in [1.807, 2.05) is 40.7 Å². The smallest absolute Gasteiger partial charge is 0.410 e. The third-order valence-corrected chi connectivity index (χ3v) is 5.09. The quantitative estimate of drug-likeness (QED) is 0.781. The Morgan fingerprint density at radius 2 is 1.96 bits per heavy atom. The van der Waals surface area contributed by atoms with Crippen LogP contribution in [-0.2, 0) is 15.5 Å². The molecular weight excluding hydrogens is 326 g/mol. The summed E-state index contributed by atoms with van der Waals surface area (Å²) in [7, 11) is -1.25. The molecule has 1 amide bonds. The molecule has 1 aliphatic heterocycles. The van der Waals surface area contributed by atoms with Crippen LogP contribution in [0.4, 0.5) is 4.79 Å². The van der Waals surface area contributed by atoms with Gasteiger partial charge in [-0.05, 0) is 59.4 Å². The second-order valence-electron chi connectivity index (χ2n) is 7.38. The summed E-state index contributed by atoms with van der Waals surface area (Å²) in [4.78, 5) is 22.5. The Morgan fingerprint density at radius 3 is 2.54 bits per heavy atom. The van der Waals surface area contributed by atoms with Crippen molar-refractivity contribution in [3.8, 4) is 0 Å². The predicted molar refractivity (Wildman–Crippen MR) is 93.3 cm³/mol. The van der Waals surface area contributed by atoms with E-state index in [1.165, 1.54) is 0 Å². The summed E-state index contributed by atoms with van der Waals surface area (Å²) < 4.78 is 18.0. The molecule has 2 heterocycles. The highest BCUT2D eigenvalue weighted by Gasteiger charge is 2.29. The molecule has 0 spiro atoms. The lowest BCUT2D eigenvalue weighted by atomic mass is 10.0. The molecule has 1 aliphatic rings. The van der Waals surface area contributed by atoms with Crippen molar-refractivity contribution < 1.29 is 13.7 Å². The highest BCUT2D eigenvalue weighted by Crippen LogP contribution is 2.21. The number of hydrogen-bond donors (Lipinski definition) is 0. The van der Waals surface area contributed by atoms with Crippen LogP contribution in [0, 0.1) is 19.8 Å². The molecule has 134 valence electrons. The lowest BCUT2D eigenvalue weighted by Crippen LogP contribution is -2.44. The van der Waals surface area contributed by atoms with Crippen LogP contribution in [0.2, 0.25) is 0 Å². The molecule has 1 aromatic rings. The maximum atomic E-state index is 12.6. The number of likely N-dealkylation sites (tertiary alicyclic amines) is 1. The number of amides is 1. The van der Waals surface area contributed by atoms with E-state index in [9.17, 15) is 9.00 Å². The molecule has 0 bridgehead atoms. The van der Waals surface area contributed by atoms with Gasteiger partial charge in [0.25, 0.3) is 0 Å². The summed E-state index contributed by atoms with van der Waals surface area (Å²) >= 11 is 0. The highest BCUT2D eigenvalue weighted by molar-refractivity contribution is 7.84. The summed E-state index contributed by atoms with van der Waals surface area (Å²) in [5, 5.41) is 0.391. The predicted octanol–water partition coefficient (Wildman–Crippen LogP) is 2.85. The Morgan fingerprint density at radius 1 is 1.33 bits per heavy atom. The van der Waals surface area contributed by atoms with Crippen LogP contribution in [0.15, 0.2) is 11.2 Å². The molecule has 0 saturated carbocycles. The van der Waals surface area contributed by atoms with Crippen molar-refractivity contribution in [2.75, 3.05) is 18.8 Å². The van der Waals surface area contributed by atoms with Crippen LogP contribution in [0.1, 0.15) is 45.0 Å². The lowest BCUT2D eigenvalue weighted by molar-refractivity contribution is 0.0176.